The predicted octanol–water partition coefficient (Wildman–Crippen LogP) is 17.5. The first-order valence-electron chi connectivity index (χ1n) is 25.7. The lowest BCUT2D eigenvalue weighted by Gasteiger charge is -2.33. The van der Waals surface area contributed by atoms with Crippen LogP contribution in [0.2, 0.25) is 0 Å². The summed E-state index contributed by atoms with van der Waals surface area (Å²) in [6, 6.07) is 90.4. The van der Waals surface area contributed by atoms with Crippen molar-refractivity contribution in [3.63, 3.8) is 0 Å². The molecule has 2 aromatic heterocycles. The molecule has 6 nitrogen and oxygen atoms in total. The second-order valence-corrected chi connectivity index (χ2v) is 19.8. The minimum absolute atomic E-state index is 0.624. The molecule has 0 radical (unpaired) electrons. The van der Waals surface area contributed by atoms with E-state index in [-0.39, 0.29) is 0 Å². The van der Waals surface area contributed by atoms with Crippen LogP contribution in [0.5, 0.6) is 23.0 Å². The number of hydrogen-bond acceptors (Lipinski definition) is 5. The molecule has 1 aliphatic heterocycles. The third-order valence-electron chi connectivity index (χ3n) is 15.7. The Morgan fingerprint density at radius 2 is 0.816 bits per heavy atom. The summed E-state index contributed by atoms with van der Waals surface area (Å²) in [5.74, 6) is 4.83. The van der Waals surface area contributed by atoms with E-state index in [9.17, 15) is 0 Å². The minimum Gasteiger partial charge on any atom is -0.450 e. The third-order valence-corrected chi connectivity index (χ3v) is 15.7. The second-order valence-electron chi connectivity index (χ2n) is 19.8. The zero-order valence-electron chi connectivity index (χ0n) is 40.9. The summed E-state index contributed by atoms with van der Waals surface area (Å²) in [5.41, 5.74) is 19.6. The van der Waals surface area contributed by atoms with Crippen molar-refractivity contribution in [1.82, 2.24) is 19.5 Å². The van der Waals surface area contributed by atoms with Crippen molar-refractivity contribution >= 4 is 21.8 Å². The Kier molecular flexibility index (Phi) is 9.15. The number of ether oxygens (including phenoxy) is 2. The van der Waals surface area contributed by atoms with Gasteiger partial charge in [0.15, 0.2) is 40.5 Å². The Balaban J connectivity index is 0.814. The highest BCUT2D eigenvalue weighted by Crippen LogP contribution is 2.67. The van der Waals surface area contributed by atoms with E-state index in [1.54, 1.807) is 0 Å². The summed E-state index contributed by atoms with van der Waals surface area (Å²) in [5, 5.41) is 2.38. The van der Waals surface area contributed by atoms with E-state index in [0.717, 1.165) is 89.8 Å². The first-order valence-corrected chi connectivity index (χ1v) is 25.7. The summed E-state index contributed by atoms with van der Waals surface area (Å²) in [6.45, 7) is 0. The van der Waals surface area contributed by atoms with Crippen molar-refractivity contribution in [2.45, 2.75) is 5.41 Å². The molecule has 6 heteroatoms. The van der Waals surface area contributed by atoms with Gasteiger partial charge in [-0.15, -0.1) is 0 Å². The van der Waals surface area contributed by atoms with Crippen molar-refractivity contribution in [3.8, 4) is 107 Å². The molecular formula is C70H42N4O2. The van der Waals surface area contributed by atoms with Crippen LogP contribution in [-0.4, -0.2) is 19.5 Å². The Hall–Kier alpha value is -10.2. The van der Waals surface area contributed by atoms with Gasteiger partial charge in [-0.05, 0) is 122 Å². The van der Waals surface area contributed by atoms with Gasteiger partial charge in [0.25, 0.3) is 0 Å². The number of benzene rings is 11. The fourth-order valence-electron chi connectivity index (χ4n) is 12.4. The molecule has 11 aromatic carbocycles. The van der Waals surface area contributed by atoms with Crippen LogP contribution in [0, 0.1) is 0 Å². The van der Waals surface area contributed by atoms with Crippen LogP contribution in [0.15, 0.2) is 255 Å². The number of para-hydroxylation sites is 3. The van der Waals surface area contributed by atoms with Crippen LogP contribution < -0.4 is 9.47 Å². The maximum atomic E-state index is 6.97. The zero-order chi connectivity index (χ0) is 49.9. The maximum absolute atomic E-state index is 6.97. The predicted molar refractivity (Wildman–Crippen MR) is 304 cm³/mol. The summed E-state index contributed by atoms with van der Waals surface area (Å²) in [6.07, 6.45) is 0. The normalized spacial score (nSPS) is 13.1. The van der Waals surface area contributed by atoms with E-state index in [1.807, 2.05) is 84.9 Å². The van der Waals surface area contributed by atoms with Gasteiger partial charge in [-0.3, -0.25) is 0 Å². The van der Waals surface area contributed by atoms with E-state index < -0.39 is 5.41 Å². The van der Waals surface area contributed by atoms with Crippen LogP contribution in [0.4, 0.5) is 0 Å². The highest BCUT2D eigenvalue weighted by Gasteiger charge is 2.54. The SMILES string of the molecule is c1ccc(-c2nc(-c3ccccc3)nc(-c3cccc(-c4cccc(-n5c6ccccc6c6cc(-c7ccc8c(c7)C7(c9ccccc9-c9ccccc97)c7c-8ccc8c7Oc7ccccc7O8)ccc65)c4)c3)n2)cc1. The zero-order valence-corrected chi connectivity index (χ0v) is 40.9. The van der Waals surface area contributed by atoms with Crippen molar-refractivity contribution in [1.29, 1.82) is 0 Å². The molecule has 354 valence electrons. The quantitative estimate of drug-likeness (QED) is 0.166. The molecule has 0 unspecified atom stereocenters. The van der Waals surface area contributed by atoms with E-state index >= 15 is 0 Å². The van der Waals surface area contributed by atoms with Gasteiger partial charge in [0, 0.05) is 38.7 Å². The number of nitrogens with zero attached hydrogens (tertiary/aromatic N) is 4. The molecule has 1 spiro atoms. The summed E-state index contributed by atoms with van der Waals surface area (Å²) in [4.78, 5) is 15.0. The van der Waals surface area contributed by atoms with Gasteiger partial charge in [-0.1, -0.05) is 194 Å². The smallest absolute Gasteiger partial charge is 0.175 e. The van der Waals surface area contributed by atoms with Gasteiger partial charge in [-0.2, -0.15) is 0 Å². The monoisotopic (exact) mass is 970 g/mol. The van der Waals surface area contributed by atoms with Crippen molar-refractivity contribution in [2.24, 2.45) is 0 Å². The Labute approximate surface area is 438 Å². The Morgan fingerprint density at radius 1 is 0.303 bits per heavy atom. The van der Waals surface area contributed by atoms with Crippen LogP contribution in [0.25, 0.3) is 106 Å². The van der Waals surface area contributed by atoms with Gasteiger partial charge in [0.2, 0.25) is 0 Å². The van der Waals surface area contributed by atoms with E-state index in [2.05, 4.69) is 174 Å². The molecule has 0 saturated carbocycles. The third kappa shape index (κ3) is 6.25. The molecule has 13 aromatic rings. The fraction of sp³-hybridized carbons (Fsp3) is 0.0143. The maximum Gasteiger partial charge on any atom is 0.175 e. The molecule has 16 rings (SSSR count). The molecule has 0 fully saturated rings. The van der Waals surface area contributed by atoms with Crippen molar-refractivity contribution < 1.29 is 9.47 Å². The first-order chi connectivity index (χ1) is 37.7. The summed E-state index contributed by atoms with van der Waals surface area (Å²) < 4.78 is 16.0. The lowest BCUT2D eigenvalue weighted by atomic mass is 9.70. The number of hydrogen-bond donors (Lipinski definition) is 0. The first kappa shape index (κ1) is 42.3. The van der Waals surface area contributed by atoms with Crippen molar-refractivity contribution in [2.75, 3.05) is 0 Å². The van der Waals surface area contributed by atoms with Crippen LogP contribution in [0.1, 0.15) is 22.3 Å². The van der Waals surface area contributed by atoms with E-state index in [4.69, 9.17) is 24.4 Å². The summed E-state index contributed by atoms with van der Waals surface area (Å²) in [7, 11) is 0. The van der Waals surface area contributed by atoms with Gasteiger partial charge in [0.1, 0.15) is 0 Å². The van der Waals surface area contributed by atoms with E-state index in [0.29, 0.717) is 17.5 Å². The molecule has 0 amide bonds. The molecular weight excluding hydrogens is 929 g/mol. The average Bonchev–Trinajstić information content (AvgIpc) is 4.30. The molecule has 3 heterocycles. The van der Waals surface area contributed by atoms with Crippen LogP contribution in [-0.2, 0) is 5.41 Å². The van der Waals surface area contributed by atoms with Gasteiger partial charge >= 0.3 is 0 Å². The minimum atomic E-state index is -0.652. The highest BCUT2D eigenvalue weighted by molar-refractivity contribution is 6.11. The molecule has 0 N–H and O–H groups in total. The number of rotatable bonds is 6. The molecule has 76 heavy (non-hydrogen) atoms. The Morgan fingerprint density at radius 3 is 1.55 bits per heavy atom. The lowest BCUT2D eigenvalue weighted by Crippen LogP contribution is -2.27. The topological polar surface area (TPSA) is 62.1 Å². The summed E-state index contributed by atoms with van der Waals surface area (Å²) >= 11 is 0. The largest absolute Gasteiger partial charge is 0.450 e. The van der Waals surface area contributed by atoms with Gasteiger partial charge in [0.05, 0.1) is 16.4 Å². The van der Waals surface area contributed by atoms with Gasteiger partial charge in [-0.25, -0.2) is 15.0 Å². The standard InChI is InChI=1S/C70H42N4O2/c1-3-17-43(18-4-1)67-71-68(44-19-5-2-6-20-44)73-69(72-67)49-23-15-21-45(39-49)46-22-16-24-50(40-46)74-60-30-12-9-27-54(60)56-41-47(34-37-61(56)74)48-33-35-53-55-36-38-64-66(76-63-32-14-13-31-62(63)75-64)65(55)70(59(53)42-48)57-28-10-7-25-51(57)52-26-8-11-29-58(52)70/h1-42H. The average molecular weight is 971 g/mol. The van der Waals surface area contributed by atoms with Crippen LogP contribution >= 0.6 is 0 Å². The van der Waals surface area contributed by atoms with Gasteiger partial charge < -0.3 is 14.0 Å². The fourth-order valence-corrected chi connectivity index (χ4v) is 12.4. The molecule has 3 aliphatic rings. The molecule has 2 aliphatic carbocycles. The Bertz CT molecular complexity index is 4440. The van der Waals surface area contributed by atoms with Crippen molar-refractivity contribution in [3.05, 3.63) is 277 Å². The second kappa shape index (κ2) is 16.4. The highest BCUT2D eigenvalue weighted by atomic mass is 16.6. The molecule has 0 bridgehead atoms. The number of aromatic nitrogens is 4. The van der Waals surface area contributed by atoms with Crippen LogP contribution in [0.3, 0.4) is 0 Å². The van der Waals surface area contributed by atoms with E-state index in [1.165, 1.54) is 44.2 Å². The number of fused-ring (bicyclic) bond motifs is 16. The molecule has 0 saturated heterocycles. The lowest BCUT2D eigenvalue weighted by molar-refractivity contribution is 0.354. The molecule has 0 atom stereocenters.